The highest BCUT2D eigenvalue weighted by Gasteiger charge is 2.23. The van der Waals surface area contributed by atoms with E-state index in [1.54, 1.807) is 7.11 Å². The smallest absolute Gasteiger partial charge is 0.191 e. The number of hydrogen-bond acceptors (Lipinski definition) is 4. The van der Waals surface area contributed by atoms with Crippen LogP contribution < -0.4 is 15.4 Å². The van der Waals surface area contributed by atoms with Crippen LogP contribution in [0.2, 0.25) is 0 Å². The molecule has 0 spiro atoms. The van der Waals surface area contributed by atoms with E-state index in [-0.39, 0.29) is 30.0 Å². The van der Waals surface area contributed by atoms with Crippen LogP contribution >= 0.6 is 24.0 Å². The van der Waals surface area contributed by atoms with Gasteiger partial charge in [-0.2, -0.15) is 0 Å². The van der Waals surface area contributed by atoms with Gasteiger partial charge < -0.3 is 20.1 Å². The molecule has 1 saturated carbocycles. The second kappa shape index (κ2) is 13.3. The molecule has 1 saturated heterocycles. The van der Waals surface area contributed by atoms with Crippen molar-refractivity contribution in [2.75, 3.05) is 46.5 Å². The molecular formula is C22H37IN4O2. The van der Waals surface area contributed by atoms with Crippen molar-refractivity contribution in [3.63, 3.8) is 0 Å². The average molecular weight is 516 g/mol. The molecular weight excluding hydrogens is 479 g/mol. The van der Waals surface area contributed by atoms with Crippen LogP contribution in [0.5, 0.6) is 5.75 Å². The van der Waals surface area contributed by atoms with E-state index in [0.29, 0.717) is 6.04 Å². The van der Waals surface area contributed by atoms with Gasteiger partial charge in [-0.3, -0.25) is 9.89 Å². The topological polar surface area (TPSA) is 58.1 Å². The molecule has 2 N–H and O–H groups in total. The van der Waals surface area contributed by atoms with Gasteiger partial charge in [0.05, 0.1) is 32.9 Å². The molecule has 0 radical (unpaired) electrons. The van der Waals surface area contributed by atoms with Crippen molar-refractivity contribution >= 4 is 29.9 Å². The maximum Gasteiger partial charge on any atom is 0.191 e. The molecule has 1 aliphatic heterocycles. The predicted molar refractivity (Wildman–Crippen MR) is 130 cm³/mol. The largest absolute Gasteiger partial charge is 0.497 e. The summed E-state index contributed by atoms with van der Waals surface area (Å²) in [6.45, 7) is 7.20. The van der Waals surface area contributed by atoms with Crippen LogP contribution in [0.25, 0.3) is 0 Å². The molecule has 1 aromatic carbocycles. The van der Waals surface area contributed by atoms with E-state index < -0.39 is 0 Å². The van der Waals surface area contributed by atoms with Crippen molar-refractivity contribution in [3.05, 3.63) is 29.8 Å². The fourth-order valence-electron chi connectivity index (χ4n) is 4.08. The highest BCUT2D eigenvalue weighted by Crippen LogP contribution is 2.24. The maximum absolute atomic E-state index is 5.56. The van der Waals surface area contributed by atoms with E-state index in [9.17, 15) is 0 Å². The van der Waals surface area contributed by atoms with Gasteiger partial charge in [-0.25, -0.2) is 0 Å². The first-order valence-corrected chi connectivity index (χ1v) is 10.8. The van der Waals surface area contributed by atoms with Crippen molar-refractivity contribution in [3.8, 4) is 5.75 Å². The van der Waals surface area contributed by atoms with E-state index in [1.807, 2.05) is 12.1 Å². The van der Waals surface area contributed by atoms with Gasteiger partial charge in [0.1, 0.15) is 5.75 Å². The molecule has 2 aliphatic rings. The number of rotatable bonds is 7. The lowest BCUT2D eigenvalue weighted by Gasteiger charge is -2.34. The second-order valence-electron chi connectivity index (χ2n) is 7.64. The van der Waals surface area contributed by atoms with Gasteiger partial charge in [-0.15, -0.1) is 24.0 Å². The molecule has 0 amide bonds. The summed E-state index contributed by atoms with van der Waals surface area (Å²) in [5, 5.41) is 7.09. The molecule has 1 aliphatic carbocycles. The minimum absolute atomic E-state index is 0. The highest BCUT2D eigenvalue weighted by atomic mass is 127. The third-order valence-corrected chi connectivity index (χ3v) is 5.70. The number of aliphatic imine (C=N–C) groups is 1. The van der Waals surface area contributed by atoms with Gasteiger partial charge in [-0.1, -0.05) is 31.4 Å². The van der Waals surface area contributed by atoms with Crippen LogP contribution in [0.4, 0.5) is 0 Å². The zero-order valence-corrected chi connectivity index (χ0v) is 20.2. The molecule has 7 heteroatoms. The number of nitrogens with one attached hydrogen (secondary N) is 2. The van der Waals surface area contributed by atoms with Crippen LogP contribution in [0.15, 0.2) is 29.3 Å². The lowest BCUT2D eigenvalue weighted by atomic mass is 9.96. The lowest BCUT2D eigenvalue weighted by Crippen LogP contribution is -2.45. The molecule has 0 aromatic heterocycles. The third-order valence-electron chi connectivity index (χ3n) is 5.70. The molecule has 1 aromatic rings. The molecule has 3 rings (SSSR count). The Morgan fingerprint density at radius 1 is 1.17 bits per heavy atom. The lowest BCUT2D eigenvalue weighted by molar-refractivity contribution is 0.0179. The number of nitrogens with zero attached hydrogens (tertiary/aromatic N) is 2. The Hall–Kier alpha value is -1.06. The molecule has 2 fully saturated rings. The number of hydrogen-bond donors (Lipinski definition) is 2. The van der Waals surface area contributed by atoms with Crippen LogP contribution in [0, 0.1) is 0 Å². The van der Waals surface area contributed by atoms with Crippen molar-refractivity contribution in [1.29, 1.82) is 0 Å². The first-order valence-electron chi connectivity index (χ1n) is 10.8. The van der Waals surface area contributed by atoms with E-state index >= 15 is 0 Å². The predicted octanol–water partition coefficient (Wildman–Crippen LogP) is 3.57. The van der Waals surface area contributed by atoms with Gasteiger partial charge in [0.15, 0.2) is 5.96 Å². The monoisotopic (exact) mass is 516 g/mol. The summed E-state index contributed by atoms with van der Waals surface area (Å²) < 4.78 is 10.9. The number of guanidine groups is 1. The first-order chi connectivity index (χ1) is 13.8. The molecule has 164 valence electrons. The van der Waals surface area contributed by atoms with Gasteiger partial charge in [0.2, 0.25) is 0 Å². The Morgan fingerprint density at radius 3 is 2.48 bits per heavy atom. The summed E-state index contributed by atoms with van der Waals surface area (Å²) in [4.78, 5) is 7.47. The van der Waals surface area contributed by atoms with Gasteiger partial charge in [0.25, 0.3) is 0 Å². The summed E-state index contributed by atoms with van der Waals surface area (Å²) >= 11 is 0. The minimum atomic E-state index is 0. The molecule has 1 heterocycles. The Bertz CT molecular complexity index is 599. The number of ether oxygens (including phenoxy) is 2. The van der Waals surface area contributed by atoms with Gasteiger partial charge in [0, 0.05) is 25.7 Å². The average Bonchev–Trinajstić information content (AvgIpc) is 2.76. The number of methoxy groups -OCH3 is 1. The summed E-state index contributed by atoms with van der Waals surface area (Å²) in [6.07, 6.45) is 6.49. The summed E-state index contributed by atoms with van der Waals surface area (Å²) in [5.41, 5.74) is 1.28. The maximum atomic E-state index is 5.56. The number of benzene rings is 1. The van der Waals surface area contributed by atoms with Crippen molar-refractivity contribution in [1.82, 2.24) is 15.5 Å². The van der Waals surface area contributed by atoms with Crippen LogP contribution in [0.1, 0.15) is 50.6 Å². The molecule has 6 nitrogen and oxygen atoms in total. The van der Waals surface area contributed by atoms with Gasteiger partial charge >= 0.3 is 0 Å². The van der Waals surface area contributed by atoms with Crippen LogP contribution in [-0.4, -0.2) is 63.4 Å². The molecule has 29 heavy (non-hydrogen) atoms. The summed E-state index contributed by atoms with van der Waals surface area (Å²) in [7, 11) is 1.71. The van der Waals surface area contributed by atoms with Crippen molar-refractivity contribution in [2.45, 2.75) is 51.1 Å². The van der Waals surface area contributed by atoms with Crippen LogP contribution in [0.3, 0.4) is 0 Å². The highest BCUT2D eigenvalue weighted by molar-refractivity contribution is 14.0. The van der Waals surface area contributed by atoms with E-state index in [1.165, 1.54) is 37.7 Å². The van der Waals surface area contributed by atoms with Gasteiger partial charge in [-0.05, 0) is 37.5 Å². The number of morpholine rings is 1. The normalized spacial score (nSPS) is 19.9. The minimum Gasteiger partial charge on any atom is -0.497 e. The molecule has 1 atom stereocenters. The standard InChI is InChI=1S/C22H36N4O2.HI/c1-3-23-22(25-19-7-5-4-6-8-19)24-17-21(26-13-15-28-16-14-26)18-9-11-20(27-2)12-10-18;/h9-12,19,21H,3-8,13-17H2,1-2H3,(H2,23,24,25);1H. The van der Waals surface area contributed by atoms with E-state index in [4.69, 9.17) is 14.5 Å². The third kappa shape index (κ3) is 7.61. The van der Waals surface area contributed by atoms with Crippen molar-refractivity contribution < 1.29 is 9.47 Å². The van der Waals surface area contributed by atoms with Crippen molar-refractivity contribution in [2.24, 2.45) is 4.99 Å². The SMILES string of the molecule is CCNC(=NCC(c1ccc(OC)cc1)N1CCOCC1)NC1CCCCC1.I. The second-order valence-corrected chi connectivity index (χ2v) is 7.64. The Balaban J connectivity index is 0.00000300. The molecule has 1 unspecified atom stereocenters. The Morgan fingerprint density at radius 2 is 1.86 bits per heavy atom. The fraction of sp³-hybridized carbons (Fsp3) is 0.682. The summed E-state index contributed by atoms with van der Waals surface area (Å²) in [6, 6.07) is 9.20. The quantitative estimate of drug-likeness (QED) is 0.330. The zero-order valence-electron chi connectivity index (χ0n) is 17.9. The molecule has 0 bridgehead atoms. The van der Waals surface area contributed by atoms with Crippen LogP contribution in [-0.2, 0) is 4.74 Å². The van der Waals surface area contributed by atoms with E-state index in [0.717, 1.165) is 51.1 Å². The Labute approximate surface area is 192 Å². The number of halogens is 1. The fourth-order valence-corrected chi connectivity index (χ4v) is 4.08. The first kappa shape index (κ1) is 24.2. The Kier molecular flexibility index (Phi) is 11.1. The zero-order chi connectivity index (χ0) is 19.6. The van der Waals surface area contributed by atoms with E-state index in [2.05, 4.69) is 34.6 Å². The summed E-state index contributed by atoms with van der Waals surface area (Å²) in [5.74, 6) is 1.83.